The Morgan fingerprint density at radius 3 is 2.73 bits per heavy atom. The molecule has 8 heteroatoms. The summed E-state index contributed by atoms with van der Waals surface area (Å²) in [4.78, 5) is 4.00. The number of nitriles is 1. The average Bonchev–Trinajstić information content (AvgIpc) is 2.52. The Balaban J connectivity index is 1.91. The molecule has 0 atom stereocenters. The number of hydrogen-bond donors (Lipinski definition) is 1. The van der Waals surface area contributed by atoms with Crippen molar-refractivity contribution < 1.29 is 18.3 Å². The third kappa shape index (κ3) is 4.16. The second kappa shape index (κ2) is 7.05. The van der Waals surface area contributed by atoms with Crippen molar-refractivity contribution in [1.82, 2.24) is 9.29 Å². The number of aliphatic hydroxyl groups is 1. The van der Waals surface area contributed by atoms with E-state index in [4.69, 9.17) is 15.1 Å². The minimum Gasteiger partial charge on any atom is -0.490 e. The molecule has 2 rings (SSSR count). The molecular weight excluding hydrogens is 306 g/mol. The Kier molecular flexibility index (Phi) is 5.34. The quantitative estimate of drug-likeness (QED) is 0.845. The molecule has 1 aromatic rings. The van der Waals surface area contributed by atoms with Crippen LogP contribution in [-0.2, 0) is 16.6 Å². The first kappa shape index (κ1) is 16.7. The normalized spacial score (nSPS) is 17.1. The Morgan fingerprint density at radius 1 is 1.50 bits per heavy atom. The monoisotopic (exact) mass is 325 g/mol. The van der Waals surface area contributed by atoms with Crippen molar-refractivity contribution in [1.29, 1.82) is 5.26 Å². The molecule has 22 heavy (non-hydrogen) atoms. The van der Waals surface area contributed by atoms with Crippen molar-refractivity contribution in [2.24, 2.45) is 5.92 Å². The van der Waals surface area contributed by atoms with E-state index < -0.39 is 10.0 Å². The van der Waals surface area contributed by atoms with Gasteiger partial charge in [-0.2, -0.15) is 5.26 Å². The first-order chi connectivity index (χ1) is 10.4. The number of aromatic nitrogens is 1. The van der Waals surface area contributed by atoms with Gasteiger partial charge in [0.05, 0.1) is 36.9 Å². The SMILES string of the molecule is CS(=O)(=O)N1CCC(COc2cnc(CO)cc2C#N)CC1. The molecule has 0 saturated carbocycles. The fraction of sp³-hybridized carbons (Fsp3) is 0.571. The van der Waals surface area contributed by atoms with Gasteiger partial charge in [0.15, 0.2) is 5.75 Å². The first-order valence-electron chi connectivity index (χ1n) is 7.02. The smallest absolute Gasteiger partial charge is 0.211 e. The van der Waals surface area contributed by atoms with Crippen LogP contribution in [0.2, 0.25) is 0 Å². The lowest BCUT2D eigenvalue weighted by molar-refractivity contribution is 0.185. The van der Waals surface area contributed by atoms with Crippen LogP contribution in [0.4, 0.5) is 0 Å². The topological polar surface area (TPSA) is 104 Å². The summed E-state index contributed by atoms with van der Waals surface area (Å²) in [6.07, 6.45) is 4.13. The van der Waals surface area contributed by atoms with Gasteiger partial charge in [-0.1, -0.05) is 0 Å². The van der Waals surface area contributed by atoms with Crippen LogP contribution < -0.4 is 4.74 Å². The van der Waals surface area contributed by atoms with Crippen LogP contribution in [0.1, 0.15) is 24.1 Å². The molecule has 0 unspecified atom stereocenters. The number of pyridine rings is 1. The molecule has 0 spiro atoms. The van der Waals surface area contributed by atoms with Crippen molar-refractivity contribution in [2.75, 3.05) is 26.0 Å². The van der Waals surface area contributed by atoms with Crippen LogP contribution in [0.5, 0.6) is 5.75 Å². The fourth-order valence-electron chi connectivity index (χ4n) is 2.39. The molecule has 0 aromatic carbocycles. The van der Waals surface area contributed by atoms with E-state index in [1.165, 1.54) is 22.8 Å². The molecule has 0 radical (unpaired) electrons. The van der Waals surface area contributed by atoms with Crippen molar-refractivity contribution in [3.63, 3.8) is 0 Å². The molecule has 1 fully saturated rings. The van der Waals surface area contributed by atoms with E-state index in [0.29, 0.717) is 36.7 Å². The van der Waals surface area contributed by atoms with Gasteiger partial charge >= 0.3 is 0 Å². The van der Waals surface area contributed by atoms with Gasteiger partial charge in [0, 0.05) is 13.1 Å². The summed E-state index contributed by atoms with van der Waals surface area (Å²) >= 11 is 0. The zero-order valence-corrected chi connectivity index (χ0v) is 13.2. The zero-order chi connectivity index (χ0) is 16.2. The summed E-state index contributed by atoms with van der Waals surface area (Å²) in [7, 11) is -3.12. The van der Waals surface area contributed by atoms with Gasteiger partial charge in [0.1, 0.15) is 6.07 Å². The van der Waals surface area contributed by atoms with Gasteiger partial charge in [0.25, 0.3) is 0 Å². The Labute approximate surface area is 130 Å². The summed E-state index contributed by atoms with van der Waals surface area (Å²) < 4.78 is 30.0. The number of rotatable bonds is 5. The number of nitrogens with zero attached hydrogens (tertiary/aromatic N) is 3. The molecule has 0 amide bonds. The van der Waals surface area contributed by atoms with Crippen LogP contribution in [-0.4, -0.2) is 48.8 Å². The van der Waals surface area contributed by atoms with Gasteiger partial charge in [-0.15, -0.1) is 0 Å². The van der Waals surface area contributed by atoms with Crippen molar-refractivity contribution >= 4 is 10.0 Å². The number of piperidine rings is 1. The maximum atomic E-state index is 11.4. The lowest BCUT2D eigenvalue weighted by atomic mass is 9.99. The summed E-state index contributed by atoms with van der Waals surface area (Å²) in [5.41, 5.74) is 0.762. The Hall–Kier alpha value is -1.69. The summed E-state index contributed by atoms with van der Waals surface area (Å²) in [5, 5.41) is 18.1. The highest BCUT2D eigenvalue weighted by Crippen LogP contribution is 2.22. The van der Waals surface area contributed by atoms with E-state index in [9.17, 15) is 8.42 Å². The highest BCUT2D eigenvalue weighted by molar-refractivity contribution is 7.88. The van der Waals surface area contributed by atoms with Crippen molar-refractivity contribution in [3.05, 3.63) is 23.5 Å². The minimum absolute atomic E-state index is 0.223. The van der Waals surface area contributed by atoms with E-state index in [1.54, 1.807) is 0 Å². The molecule has 0 bridgehead atoms. The molecule has 7 nitrogen and oxygen atoms in total. The molecule has 0 aliphatic carbocycles. The number of ether oxygens (including phenoxy) is 1. The van der Waals surface area contributed by atoms with Crippen LogP contribution in [0.25, 0.3) is 0 Å². The van der Waals surface area contributed by atoms with E-state index in [2.05, 4.69) is 4.98 Å². The Morgan fingerprint density at radius 2 is 2.18 bits per heavy atom. The molecule has 1 N–H and O–H groups in total. The standard InChI is InChI=1S/C14H19N3O4S/c1-22(19,20)17-4-2-11(3-5-17)10-21-14-8-16-13(9-18)6-12(14)7-15/h6,8,11,18H,2-5,9-10H2,1H3. The summed E-state index contributed by atoms with van der Waals surface area (Å²) in [6, 6.07) is 3.52. The fourth-order valence-corrected chi connectivity index (χ4v) is 3.26. The highest BCUT2D eigenvalue weighted by Gasteiger charge is 2.25. The largest absolute Gasteiger partial charge is 0.490 e. The van der Waals surface area contributed by atoms with E-state index in [1.807, 2.05) is 6.07 Å². The van der Waals surface area contributed by atoms with Crippen molar-refractivity contribution in [2.45, 2.75) is 19.4 Å². The second-order valence-electron chi connectivity index (χ2n) is 5.36. The average molecular weight is 325 g/mol. The molecule has 1 saturated heterocycles. The maximum Gasteiger partial charge on any atom is 0.211 e. The summed E-state index contributed by atoms with van der Waals surface area (Å²) in [6.45, 7) is 1.20. The number of aliphatic hydroxyl groups excluding tert-OH is 1. The van der Waals surface area contributed by atoms with Crippen LogP contribution in [0, 0.1) is 17.2 Å². The van der Waals surface area contributed by atoms with E-state index in [-0.39, 0.29) is 12.5 Å². The third-order valence-corrected chi connectivity index (χ3v) is 5.03. The van der Waals surface area contributed by atoms with Crippen LogP contribution in [0.15, 0.2) is 12.3 Å². The van der Waals surface area contributed by atoms with E-state index >= 15 is 0 Å². The van der Waals surface area contributed by atoms with Crippen molar-refractivity contribution in [3.8, 4) is 11.8 Å². The number of sulfonamides is 1. The van der Waals surface area contributed by atoms with Gasteiger partial charge in [-0.3, -0.25) is 4.98 Å². The maximum absolute atomic E-state index is 11.4. The van der Waals surface area contributed by atoms with Gasteiger partial charge < -0.3 is 9.84 Å². The minimum atomic E-state index is -3.12. The molecule has 1 aliphatic rings. The van der Waals surface area contributed by atoms with Gasteiger partial charge in [-0.25, -0.2) is 12.7 Å². The first-order valence-corrected chi connectivity index (χ1v) is 8.86. The lowest BCUT2D eigenvalue weighted by Crippen LogP contribution is -2.39. The van der Waals surface area contributed by atoms with Crippen LogP contribution >= 0.6 is 0 Å². The lowest BCUT2D eigenvalue weighted by Gasteiger charge is -2.30. The van der Waals surface area contributed by atoms with Gasteiger partial charge in [-0.05, 0) is 24.8 Å². The van der Waals surface area contributed by atoms with Gasteiger partial charge in [0.2, 0.25) is 10.0 Å². The third-order valence-electron chi connectivity index (χ3n) is 3.72. The molecule has 1 aliphatic heterocycles. The molecular formula is C14H19N3O4S. The zero-order valence-electron chi connectivity index (χ0n) is 12.4. The van der Waals surface area contributed by atoms with E-state index in [0.717, 1.165) is 12.8 Å². The predicted molar refractivity (Wildman–Crippen MR) is 79.5 cm³/mol. The van der Waals surface area contributed by atoms with Crippen LogP contribution in [0.3, 0.4) is 0 Å². The summed E-state index contributed by atoms with van der Waals surface area (Å²) in [5.74, 6) is 0.646. The molecule has 2 heterocycles. The number of hydrogen-bond acceptors (Lipinski definition) is 6. The Bertz CT molecular complexity index is 661. The molecule has 1 aromatic heterocycles. The second-order valence-corrected chi connectivity index (χ2v) is 7.34. The molecule has 120 valence electrons. The highest BCUT2D eigenvalue weighted by atomic mass is 32.2. The predicted octanol–water partition coefficient (Wildman–Crippen LogP) is 0.496.